The van der Waals surface area contributed by atoms with Gasteiger partial charge in [-0.15, -0.1) is 0 Å². The van der Waals surface area contributed by atoms with Crippen molar-refractivity contribution < 1.29 is 9.53 Å². The highest BCUT2D eigenvalue weighted by molar-refractivity contribution is 7.11. The maximum atomic E-state index is 11.7. The fourth-order valence-corrected chi connectivity index (χ4v) is 2.10. The van der Waals surface area contributed by atoms with Crippen molar-refractivity contribution in [1.82, 2.24) is 9.97 Å². The molecule has 0 saturated heterocycles. The van der Waals surface area contributed by atoms with Gasteiger partial charge in [0.2, 0.25) is 0 Å². The van der Waals surface area contributed by atoms with Crippen molar-refractivity contribution in [3.63, 3.8) is 0 Å². The first kappa shape index (κ1) is 11.5. The molecule has 0 spiro atoms. The highest BCUT2D eigenvalue weighted by atomic mass is 32.1. The minimum atomic E-state index is -0.503. The summed E-state index contributed by atoms with van der Waals surface area (Å²) in [5, 5.41) is 0. The van der Waals surface area contributed by atoms with Gasteiger partial charge < -0.3 is 9.72 Å². The molecule has 2 aromatic heterocycles. The van der Waals surface area contributed by atoms with Crippen LogP contribution in [0.25, 0.3) is 11.4 Å². The van der Waals surface area contributed by atoms with Crippen molar-refractivity contribution in [1.29, 1.82) is 0 Å². The molecule has 2 heterocycles. The second kappa shape index (κ2) is 4.92. The molecule has 0 bridgehead atoms. The lowest BCUT2D eigenvalue weighted by Crippen LogP contribution is -2.04. The Hall–Kier alpha value is -1.95. The SMILES string of the molecule is CCOC(=O)c1sc(=O)[nH]c1-c1ccccn1. The van der Waals surface area contributed by atoms with Gasteiger partial charge in [-0.25, -0.2) is 4.79 Å². The largest absolute Gasteiger partial charge is 0.462 e. The third-order valence-electron chi connectivity index (χ3n) is 2.03. The van der Waals surface area contributed by atoms with Crippen LogP contribution in [-0.2, 0) is 4.74 Å². The highest BCUT2D eigenvalue weighted by Gasteiger charge is 2.18. The lowest BCUT2D eigenvalue weighted by Gasteiger charge is -2.01. The Morgan fingerprint density at radius 1 is 1.53 bits per heavy atom. The van der Waals surface area contributed by atoms with Gasteiger partial charge in [0.15, 0.2) is 0 Å². The van der Waals surface area contributed by atoms with E-state index in [0.717, 1.165) is 11.3 Å². The van der Waals surface area contributed by atoms with Crippen LogP contribution in [-0.4, -0.2) is 22.5 Å². The van der Waals surface area contributed by atoms with E-state index in [-0.39, 0.29) is 16.4 Å². The monoisotopic (exact) mass is 250 g/mol. The van der Waals surface area contributed by atoms with Crippen LogP contribution in [0.3, 0.4) is 0 Å². The average molecular weight is 250 g/mol. The van der Waals surface area contributed by atoms with E-state index in [2.05, 4.69) is 9.97 Å². The molecule has 0 saturated carbocycles. The van der Waals surface area contributed by atoms with E-state index >= 15 is 0 Å². The molecule has 0 amide bonds. The normalized spacial score (nSPS) is 10.2. The van der Waals surface area contributed by atoms with Gasteiger partial charge in [0.05, 0.1) is 18.0 Å². The maximum absolute atomic E-state index is 11.7. The quantitative estimate of drug-likeness (QED) is 0.841. The topological polar surface area (TPSA) is 72.1 Å². The molecule has 5 nitrogen and oxygen atoms in total. The number of pyridine rings is 1. The Balaban J connectivity index is 2.48. The number of esters is 1. The smallest absolute Gasteiger partial charge is 0.350 e. The van der Waals surface area contributed by atoms with Gasteiger partial charge in [0.1, 0.15) is 4.88 Å². The summed E-state index contributed by atoms with van der Waals surface area (Å²) in [5.74, 6) is -0.503. The first-order valence-corrected chi connectivity index (χ1v) is 5.85. The molecular formula is C11H10N2O3S. The van der Waals surface area contributed by atoms with Crippen molar-refractivity contribution in [3.8, 4) is 11.4 Å². The molecule has 2 aromatic rings. The number of hydrogen-bond donors (Lipinski definition) is 1. The fourth-order valence-electron chi connectivity index (χ4n) is 1.36. The zero-order valence-corrected chi connectivity index (χ0v) is 9.91. The molecule has 17 heavy (non-hydrogen) atoms. The number of carbonyl (C=O) groups is 1. The molecule has 0 fully saturated rings. The van der Waals surface area contributed by atoms with Crippen molar-refractivity contribution in [2.24, 2.45) is 0 Å². The first-order chi connectivity index (χ1) is 8.22. The first-order valence-electron chi connectivity index (χ1n) is 5.04. The van der Waals surface area contributed by atoms with E-state index in [9.17, 15) is 9.59 Å². The molecule has 0 aliphatic carbocycles. The number of aromatic amines is 1. The molecule has 6 heteroatoms. The van der Waals surface area contributed by atoms with E-state index in [1.54, 1.807) is 31.3 Å². The summed E-state index contributed by atoms with van der Waals surface area (Å²) >= 11 is 0.832. The van der Waals surface area contributed by atoms with Crippen molar-refractivity contribution >= 4 is 17.3 Å². The number of thiazole rings is 1. The van der Waals surface area contributed by atoms with E-state index in [0.29, 0.717) is 11.4 Å². The number of nitrogens with zero attached hydrogens (tertiary/aromatic N) is 1. The van der Waals surface area contributed by atoms with Crippen molar-refractivity contribution in [2.75, 3.05) is 6.61 Å². The Bertz CT molecular complexity index is 574. The minimum absolute atomic E-state index is 0.260. The van der Waals surface area contributed by atoms with Gasteiger partial charge in [-0.3, -0.25) is 9.78 Å². The standard InChI is InChI=1S/C11H10N2O3S/c1-2-16-10(14)9-8(13-11(15)17-9)7-5-3-4-6-12-7/h3-6H,2H2,1H3,(H,13,15). The molecule has 0 aliphatic heterocycles. The van der Waals surface area contributed by atoms with Crippen molar-refractivity contribution in [3.05, 3.63) is 38.9 Å². The molecule has 0 unspecified atom stereocenters. The zero-order valence-electron chi connectivity index (χ0n) is 9.10. The number of carbonyl (C=O) groups excluding carboxylic acids is 1. The van der Waals surface area contributed by atoms with Gasteiger partial charge in [-0.1, -0.05) is 17.4 Å². The lowest BCUT2D eigenvalue weighted by atomic mass is 10.2. The molecule has 0 aromatic carbocycles. The second-order valence-corrected chi connectivity index (χ2v) is 4.14. The van der Waals surface area contributed by atoms with Crippen LogP contribution in [0.2, 0.25) is 0 Å². The predicted molar refractivity (Wildman–Crippen MR) is 64.1 cm³/mol. The molecule has 0 radical (unpaired) electrons. The Morgan fingerprint density at radius 2 is 2.35 bits per heavy atom. The van der Waals surface area contributed by atoms with Crippen LogP contribution in [0, 0.1) is 0 Å². The molecule has 1 N–H and O–H groups in total. The number of rotatable bonds is 3. The number of H-pyrrole nitrogens is 1. The van der Waals surface area contributed by atoms with Gasteiger partial charge >= 0.3 is 10.8 Å². The molecular weight excluding hydrogens is 240 g/mol. The Kier molecular flexibility index (Phi) is 3.34. The zero-order chi connectivity index (χ0) is 12.3. The average Bonchev–Trinajstić information content (AvgIpc) is 2.73. The Morgan fingerprint density at radius 3 is 3.00 bits per heavy atom. The predicted octanol–water partition coefficient (Wildman–Crippen LogP) is 1.68. The number of aromatic nitrogens is 2. The lowest BCUT2D eigenvalue weighted by molar-refractivity contribution is 0.0532. The third kappa shape index (κ3) is 2.42. The molecule has 2 rings (SSSR count). The van der Waals surface area contributed by atoms with Gasteiger partial charge in [0, 0.05) is 6.20 Å². The molecule has 0 atom stereocenters. The van der Waals surface area contributed by atoms with Gasteiger partial charge in [-0.05, 0) is 19.1 Å². The summed E-state index contributed by atoms with van der Waals surface area (Å²) < 4.78 is 4.89. The van der Waals surface area contributed by atoms with Crippen LogP contribution in [0.5, 0.6) is 0 Å². The van der Waals surface area contributed by atoms with Crippen LogP contribution in [0.1, 0.15) is 16.6 Å². The van der Waals surface area contributed by atoms with E-state index in [1.165, 1.54) is 0 Å². The van der Waals surface area contributed by atoms with Crippen LogP contribution < -0.4 is 4.87 Å². The summed E-state index contributed by atoms with van der Waals surface area (Å²) in [6.07, 6.45) is 1.60. The van der Waals surface area contributed by atoms with Crippen molar-refractivity contribution in [2.45, 2.75) is 6.92 Å². The Labute approximate surface area is 101 Å². The molecule has 0 aliphatic rings. The van der Waals surface area contributed by atoms with E-state index in [4.69, 9.17) is 4.74 Å². The minimum Gasteiger partial charge on any atom is -0.462 e. The molecule has 88 valence electrons. The van der Waals surface area contributed by atoms with E-state index in [1.807, 2.05) is 0 Å². The van der Waals surface area contributed by atoms with Crippen LogP contribution in [0.15, 0.2) is 29.2 Å². The summed E-state index contributed by atoms with van der Waals surface area (Å²) in [7, 11) is 0. The number of nitrogens with one attached hydrogen (secondary N) is 1. The second-order valence-electron chi connectivity index (χ2n) is 3.15. The highest BCUT2D eigenvalue weighted by Crippen LogP contribution is 2.21. The summed E-state index contributed by atoms with van der Waals surface area (Å²) in [4.78, 5) is 29.6. The van der Waals surface area contributed by atoms with Gasteiger partial charge in [-0.2, -0.15) is 0 Å². The number of ether oxygens (including phenoxy) is 1. The van der Waals surface area contributed by atoms with Gasteiger partial charge in [0.25, 0.3) is 0 Å². The van der Waals surface area contributed by atoms with Crippen LogP contribution >= 0.6 is 11.3 Å². The van der Waals surface area contributed by atoms with Crippen LogP contribution in [0.4, 0.5) is 0 Å². The fraction of sp³-hybridized carbons (Fsp3) is 0.182. The summed E-state index contributed by atoms with van der Waals surface area (Å²) in [5.41, 5.74) is 0.966. The maximum Gasteiger partial charge on any atom is 0.350 e. The van der Waals surface area contributed by atoms with E-state index < -0.39 is 5.97 Å². The third-order valence-corrected chi connectivity index (χ3v) is 2.89. The summed E-state index contributed by atoms with van der Waals surface area (Å²) in [6.45, 7) is 1.99. The number of hydrogen-bond acceptors (Lipinski definition) is 5. The summed E-state index contributed by atoms with van der Waals surface area (Å²) in [6, 6.07) is 5.27.